The van der Waals surface area contributed by atoms with Gasteiger partial charge in [-0.15, -0.1) is 0 Å². The third kappa shape index (κ3) is 0.831. The summed E-state index contributed by atoms with van der Waals surface area (Å²) in [7, 11) is 0. The fraction of sp³-hybridized carbons (Fsp3) is 0.833. The molecule has 1 fully saturated rings. The summed E-state index contributed by atoms with van der Waals surface area (Å²) in [6, 6.07) is 0. The van der Waals surface area contributed by atoms with Gasteiger partial charge >= 0.3 is 0 Å². The van der Waals surface area contributed by atoms with Crippen LogP contribution in [0.5, 0.6) is 0 Å². The summed E-state index contributed by atoms with van der Waals surface area (Å²) in [4.78, 5) is 2.07. The standard InChI is InChI=1S/C6H12N2/c1-5-3-8(4-5)6(2)7/h5,7H,3-4H2,1-2H3. The van der Waals surface area contributed by atoms with Crippen molar-refractivity contribution in [3.05, 3.63) is 0 Å². The third-order valence-electron chi connectivity index (χ3n) is 1.54. The molecule has 0 aliphatic carbocycles. The van der Waals surface area contributed by atoms with Crippen molar-refractivity contribution in [2.75, 3.05) is 13.1 Å². The van der Waals surface area contributed by atoms with Crippen LogP contribution in [0.1, 0.15) is 13.8 Å². The Balaban J connectivity index is 2.25. The first kappa shape index (κ1) is 5.60. The lowest BCUT2D eigenvalue weighted by molar-refractivity contribution is 0.203. The second-order valence-corrected chi connectivity index (χ2v) is 2.60. The van der Waals surface area contributed by atoms with Crippen LogP contribution in [-0.4, -0.2) is 23.8 Å². The predicted molar refractivity (Wildman–Crippen MR) is 34.1 cm³/mol. The first-order chi connectivity index (χ1) is 3.70. The van der Waals surface area contributed by atoms with Crippen molar-refractivity contribution in [2.45, 2.75) is 13.8 Å². The van der Waals surface area contributed by atoms with E-state index >= 15 is 0 Å². The van der Waals surface area contributed by atoms with E-state index in [4.69, 9.17) is 5.41 Å². The summed E-state index contributed by atoms with van der Waals surface area (Å²) in [5.41, 5.74) is 0. The minimum Gasteiger partial charge on any atom is -0.360 e. The smallest absolute Gasteiger partial charge is 0.0926 e. The van der Waals surface area contributed by atoms with Crippen molar-refractivity contribution in [1.29, 1.82) is 5.41 Å². The summed E-state index contributed by atoms with van der Waals surface area (Å²) in [5, 5.41) is 7.17. The van der Waals surface area contributed by atoms with Gasteiger partial charge in [0.25, 0.3) is 0 Å². The largest absolute Gasteiger partial charge is 0.360 e. The van der Waals surface area contributed by atoms with Crippen molar-refractivity contribution in [3.8, 4) is 0 Å². The van der Waals surface area contributed by atoms with E-state index in [9.17, 15) is 0 Å². The first-order valence-corrected chi connectivity index (χ1v) is 3.00. The average Bonchev–Trinajstić information content (AvgIpc) is 1.57. The molecule has 1 N–H and O–H groups in total. The minimum atomic E-state index is 0.711. The molecular weight excluding hydrogens is 100 g/mol. The molecule has 0 aromatic carbocycles. The molecule has 8 heavy (non-hydrogen) atoms. The van der Waals surface area contributed by atoms with Gasteiger partial charge in [0.1, 0.15) is 0 Å². The molecular formula is C6H12N2. The quantitative estimate of drug-likeness (QED) is 0.366. The van der Waals surface area contributed by atoms with Gasteiger partial charge in [0, 0.05) is 13.1 Å². The van der Waals surface area contributed by atoms with E-state index in [1.54, 1.807) is 0 Å². The Morgan fingerprint density at radius 1 is 1.62 bits per heavy atom. The van der Waals surface area contributed by atoms with Gasteiger partial charge in [0.2, 0.25) is 0 Å². The van der Waals surface area contributed by atoms with Gasteiger partial charge in [-0.2, -0.15) is 0 Å². The fourth-order valence-electron chi connectivity index (χ4n) is 0.973. The molecule has 1 heterocycles. The van der Waals surface area contributed by atoms with Crippen molar-refractivity contribution in [1.82, 2.24) is 4.90 Å². The molecule has 0 spiro atoms. The minimum absolute atomic E-state index is 0.711. The van der Waals surface area contributed by atoms with Crippen LogP contribution in [0.25, 0.3) is 0 Å². The second kappa shape index (κ2) is 1.77. The highest BCUT2D eigenvalue weighted by Gasteiger charge is 2.21. The maximum atomic E-state index is 7.17. The summed E-state index contributed by atoms with van der Waals surface area (Å²) in [6.45, 7) is 6.23. The number of amidine groups is 1. The predicted octanol–water partition coefficient (Wildman–Crippen LogP) is 0.935. The van der Waals surface area contributed by atoms with Crippen molar-refractivity contribution < 1.29 is 0 Å². The van der Waals surface area contributed by atoms with Gasteiger partial charge in [0.05, 0.1) is 5.84 Å². The molecule has 0 atom stereocenters. The molecule has 1 saturated heterocycles. The number of nitrogens with one attached hydrogen (secondary N) is 1. The molecule has 0 unspecified atom stereocenters. The van der Waals surface area contributed by atoms with Crippen molar-refractivity contribution in [3.63, 3.8) is 0 Å². The molecule has 0 saturated carbocycles. The Labute approximate surface area is 50.0 Å². The van der Waals surface area contributed by atoms with E-state index in [2.05, 4.69) is 11.8 Å². The van der Waals surface area contributed by atoms with Gasteiger partial charge in [-0.05, 0) is 12.8 Å². The maximum absolute atomic E-state index is 7.17. The first-order valence-electron chi connectivity index (χ1n) is 3.00. The molecule has 46 valence electrons. The van der Waals surface area contributed by atoms with Gasteiger partial charge in [0.15, 0.2) is 0 Å². The highest BCUT2D eigenvalue weighted by molar-refractivity contribution is 5.77. The number of rotatable bonds is 0. The topological polar surface area (TPSA) is 27.1 Å². The zero-order chi connectivity index (χ0) is 6.15. The monoisotopic (exact) mass is 112 g/mol. The molecule has 0 aromatic rings. The van der Waals surface area contributed by atoms with Crippen molar-refractivity contribution >= 4 is 5.84 Å². The molecule has 0 radical (unpaired) electrons. The summed E-state index contributed by atoms with van der Waals surface area (Å²) >= 11 is 0. The zero-order valence-electron chi connectivity index (χ0n) is 5.44. The third-order valence-corrected chi connectivity index (χ3v) is 1.54. The highest BCUT2D eigenvalue weighted by atomic mass is 15.2. The zero-order valence-corrected chi connectivity index (χ0v) is 5.44. The number of nitrogens with zero attached hydrogens (tertiary/aromatic N) is 1. The van der Waals surface area contributed by atoms with Crippen LogP contribution in [-0.2, 0) is 0 Å². The molecule has 2 nitrogen and oxygen atoms in total. The van der Waals surface area contributed by atoms with Gasteiger partial charge in [-0.1, -0.05) is 6.92 Å². The highest BCUT2D eigenvalue weighted by Crippen LogP contribution is 2.13. The normalized spacial score (nSPS) is 20.5. The Bertz CT molecular complexity index is 103. The van der Waals surface area contributed by atoms with Crippen LogP contribution in [0.2, 0.25) is 0 Å². The summed E-state index contributed by atoms with van der Waals surface area (Å²) in [6.07, 6.45) is 0. The molecule has 0 bridgehead atoms. The van der Waals surface area contributed by atoms with Crippen LogP contribution < -0.4 is 0 Å². The lowest BCUT2D eigenvalue weighted by Crippen LogP contribution is -2.47. The molecule has 0 aromatic heterocycles. The van der Waals surface area contributed by atoms with E-state index in [-0.39, 0.29) is 0 Å². The van der Waals surface area contributed by atoms with Gasteiger partial charge in [-0.25, -0.2) is 0 Å². The van der Waals surface area contributed by atoms with Crippen LogP contribution >= 0.6 is 0 Å². The molecule has 1 aliphatic heterocycles. The molecule has 1 rings (SSSR count). The van der Waals surface area contributed by atoms with Crippen LogP contribution in [0, 0.1) is 11.3 Å². The summed E-state index contributed by atoms with van der Waals surface area (Å²) in [5.74, 6) is 1.53. The fourth-order valence-corrected chi connectivity index (χ4v) is 0.973. The van der Waals surface area contributed by atoms with Crippen LogP contribution in [0.3, 0.4) is 0 Å². The molecule has 0 amide bonds. The Morgan fingerprint density at radius 3 is 2.25 bits per heavy atom. The number of hydrogen-bond donors (Lipinski definition) is 1. The van der Waals surface area contributed by atoms with E-state index in [1.807, 2.05) is 6.92 Å². The van der Waals surface area contributed by atoms with Crippen LogP contribution in [0.4, 0.5) is 0 Å². The van der Waals surface area contributed by atoms with Crippen molar-refractivity contribution in [2.24, 2.45) is 5.92 Å². The Morgan fingerprint density at radius 2 is 2.12 bits per heavy atom. The van der Waals surface area contributed by atoms with Gasteiger partial charge in [-0.3, -0.25) is 5.41 Å². The Kier molecular flexibility index (Phi) is 1.24. The number of likely N-dealkylation sites (tertiary alicyclic amines) is 1. The molecule has 2 heteroatoms. The Hall–Kier alpha value is -0.530. The number of hydrogen-bond acceptors (Lipinski definition) is 1. The van der Waals surface area contributed by atoms with Crippen LogP contribution in [0.15, 0.2) is 0 Å². The van der Waals surface area contributed by atoms with E-state index in [0.717, 1.165) is 19.0 Å². The van der Waals surface area contributed by atoms with E-state index in [0.29, 0.717) is 5.84 Å². The molecule has 1 aliphatic rings. The van der Waals surface area contributed by atoms with E-state index < -0.39 is 0 Å². The average molecular weight is 112 g/mol. The lowest BCUT2D eigenvalue weighted by Gasteiger charge is -2.38. The second-order valence-electron chi connectivity index (χ2n) is 2.60. The van der Waals surface area contributed by atoms with E-state index in [1.165, 1.54) is 0 Å². The van der Waals surface area contributed by atoms with Gasteiger partial charge < -0.3 is 4.90 Å². The summed E-state index contributed by atoms with van der Waals surface area (Å²) < 4.78 is 0. The lowest BCUT2D eigenvalue weighted by atomic mass is 10.0. The SMILES string of the molecule is CC(=N)N1CC(C)C1. The maximum Gasteiger partial charge on any atom is 0.0926 e.